The molecule has 0 aromatic heterocycles. The molecule has 0 unspecified atom stereocenters. The maximum atomic E-state index is 11.0. The van der Waals surface area contributed by atoms with Crippen LogP contribution in [0, 0.1) is 5.41 Å². The Kier molecular flexibility index (Phi) is 8.02. The fourth-order valence-electron chi connectivity index (χ4n) is 2.55. The molecular formula is C14H27NO4. The molecule has 0 atom stereocenters. The normalized spacial score (nSPS) is 18.2. The maximum absolute atomic E-state index is 11.0. The maximum Gasteiger partial charge on any atom is 0.332 e. The summed E-state index contributed by atoms with van der Waals surface area (Å²) in [5, 5.41) is 12.9. The fourth-order valence-corrected chi connectivity index (χ4v) is 2.55. The summed E-state index contributed by atoms with van der Waals surface area (Å²) in [6, 6.07) is 0. The molecule has 1 fully saturated rings. The molecule has 0 aromatic rings. The van der Waals surface area contributed by atoms with E-state index in [4.69, 9.17) is 9.47 Å². The Morgan fingerprint density at radius 3 is 2.68 bits per heavy atom. The topological polar surface area (TPSA) is 67.8 Å². The van der Waals surface area contributed by atoms with Gasteiger partial charge in [0.2, 0.25) is 0 Å². The third-order valence-electron chi connectivity index (χ3n) is 3.70. The van der Waals surface area contributed by atoms with E-state index in [1.54, 1.807) is 6.92 Å². The van der Waals surface area contributed by atoms with Crippen LogP contribution in [-0.4, -0.2) is 50.6 Å². The summed E-state index contributed by atoms with van der Waals surface area (Å²) in [4.78, 5) is 11.0. The summed E-state index contributed by atoms with van der Waals surface area (Å²) >= 11 is 0. The lowest BCUT2D eigenvalue weighted by atomic mass is 9.74. The number of aliphatic hydroxyl groups is 1. The molecule has 1 saturated carbocycles. The van der Waals surface area contributed by atoms with Crippen LogP contribution in [0.25, 0.3) is 0 Å². The highest BCUT2D eigenvalue weighted by Gasteiger charge is 2.30. The zero-order chi connectivity index (χ0) is 14.0. The SMILES string of the molecule is CCOC(=O)COCCNCC1(CO)CCCCC1. The molecule has 0 radical (unpaired) electrons. The summed E-state index contributed by atoms with van der Waals surface area (Å²) in [6.45, 7) is 4.44. The van der Waals surface area contributed by atoms with E-state index in [9.17, 15) is 9.90 Å². The van der Waals surface area contributed by atoms with E-state index in [1.165, 1.54) is 19.3 Å². The zero-order valence-electron chi connectivity index (χ0n) is 12.0. The van der Waals surface area contributed by atoms with E-state index in [2.05, 4.69) is 5.32 Å². The second kappa shape index (κ2) is 9.28. The van der Waals surface area contributed by atoms with Crippen LogP contribution in [0.15, 0.2) is 0 Å². The smallest absolute Gasteiger partial charge is 0.332 e. The first kappa shape index (κ1) is 16.4. The minimum atomic E-state index is -0.318. The van der Waals surface area contributed by atoms with Crippen LogP contribution in [0.5, 0.6) is 0 Å². The average molecular weight is 273 g/mol. The molecule has 1 aliphatic rings. The Morgan fingerprint density at radius 1 is 1.32 bits per heavy atom. The number of aliphatic hydroxyl groups excluding tert-OH is 1. The van der Waals surface area contributed by atoms with Gasteiger partial charge in [0.15, 0.2) is 0 Å². The first-order chi connectivity index (χ1) is 9.22. The highest BCUT2D eigenvalue weighted by atomic mass is 16.6. The third kappa shape index (κ3) is 6.36. The van der Waals surface area contributed by atoms with Crippen LogP contribution >= 0.6 is 0 Å². The molecule has 5 heteroatoms. The van der Waals surface area contributed by atoms with Gasteiger partial charge in [-0.05, 0) is 19.8 Å². The van der Waals surface area contributed by atoms with Gasteiger partial charge in [0.05, 0.1) is 13.2 Å². The van der Waals surface area contributed by atoms with Crippen LogP contribution in [0.2, 0.25) is 0 Å². The molecule has 19 heavy (non-hydrogen) atoms. The van der Waals surface area contributed by atoms with Gasteiger partial charge >= 0.3 is 5.97 Å². The molecule has 5 nitrogen and oxygen atoms in total. The molecule has 0 aliphatic heterocycles. The lowest BCUT2D eigenvalue weighted by Crippen LogP contribution is -2.40. The molecule has 0 saturated heterocycles. The molecule has 2 N–H and O–H groups in total. The monoisotopic (exact) mass is 273 g/mol. The molecule has 0 bridgehead atoms. The summed E-state index contributed by atoms with van der Waals surface area (Å²) in [5.74, 6) is -0.318. The summed E-state index contributed by atoms with van der Waals surface area (Å²) in [7, 11) is 0. The molecule has 0 spiro atoms. The Morgan fingerprint density at radius 2 is 2.05 bits per heavy atom. The molecular weight excluding hydrogens is 246 g/mol. The van der Waals surface area contributed by atoms with Gasteiger partial charge in [0.1, 0.15) is 6.61 Å². The predicted octanol–water partition coefficient (Wildman–Crippen LogP) is 1.10. The third-order valence-corrected chi connectivity index (χ3v) is 3.70. The van der Waals surface area contributed by atoms with E-state index in [1.807, 2.05) is 0 Å². The van der Waals surface area contributed by atoms with Gasteiger partial charge < -0.3 is 19.9 Å². The van der Waals surface area contributed by atoms with Crippen molar-refractivity contribution in [2.45, 2.75) is 39.0 Å². The minimum absolute atomic E-state index is 0.0145. The molecule has 1 aliphatic carbocycles. The Balaban J connectivity index is 2.04. The number of ether oxygens (including phenoxy) is 2. The van der Waals surface area contributed by atoms with Crippen molar-refractivity contribution in [3.63, 3.8) is 0 Å². The molecule has 0 aromatic carbocycles. The standard InChI is InChI=1S/C14H27NO4/c1-2-19-13(17)10-18-9-8-15-11-14(12-16)6-4-3-5-7-14/h15-16H,2-12H2,1H3. The lowest BCUT2D eigenvalue weighted by Gasteiger charge is -2.35. The van der Waals surface area contributed by atoms with E-state index in [0.717, 1.165) is 19.4 Å². The summed E-state index contributed by atoms with van der Waals surface area (Å²) < 4.78 is 9.96. The quantitative estimate of drug-likeness (QED) is 0.486. The first-order valence-corrected chi connectivity index (χ1v) is 7.27. The minimum Gasteiger partial charge on any atom is -0.464 e. The summed E-state index contributed by atoms with van der Waals surface area (Å²) in [6.07, 6.45) is 5.90. The number of esters is 1. The van der Waals surface area contributed by atoms with E-state index < -0.39 is 0 Å². The highest BCUT2D eigenvalue weighted by Crippen LogP contribution is 2.35. The van der Waals surface area contributed by atoms with Crippen LogP contribution < -0.4 is 5.32 Å². The number of nitrogens with one attached hydrogen (secondary N) is 1. The molecule has 0 amide bonds. The van der Waals surface area contributed by atoms with Crippen LogP contribution in [0.1, 0.15) is 39.0 Å². The van der Waals surface area contributed by atoms with Crippen molar-refractivity contribution in [1.82, 2.24) is 5.32 Å². The lowest BCUT2D eigenvalue weighted by molar-refractivity contribution is -0.148. The number of hydrogen-bond donors (Lipinski definition) is 2. The number of carbonyl (C=O) groups excluding carboxylic acids is 1. The van der Waals surface area contributed by atoms with Crippen LogP contribution in [0.4, 0.5) is 0 Å². The van der Waals surface area contributed by atoms with E-state index in [-0.39, 0.29) is 24.6 Å². The Hall–Kier alpha value is -0.650. The van der Waals surface area contributed by atoms with Gasteiger partial charge in [-0.15, -0.1) is 0 Å². The van der Waals surface area contributed by atoms with Crippen molar-refractivity contribution in [3.8, 4) is 0 Å². The van der Waals surface area contributed by atoms with Gasteiger partial charge in [-0.25, -0.2) is 4.79 Å². The Bertz CT molecular complexity index is 252. The van der Waals surface area contributed by atoms with Crippen molar-refractivity contribution in [3.05, 3.63) is 0 Å². The van der Waals surface area contributed by atoms with Crippen LogP contribution in [0.3, 0.4) is 0 Å². The van der Waals surface area contributed by atoms with Gasteiger partial charge in [0.25, 0.3) is 0 Å². The Labute approximate surface area is 115 Å². The van der Waals surface area contributed by atoms with Crippen molar-refractivity contribution in [2.24, 2.45) is 5.41 Å². The molecule has 0 heterocycles. The zero-order valence-corrected chi connectivity index (χ0v) is 12.0. The fraction of sp³-hybridized carbons (Fsp3) is 0.929. The van der Waals surface area contributed by atoms with Gasteiger partial charge in [-0.2, -0.15) is 0 Å². The highest BCUT2D eigenvalue weighted by molar-refractivity contribution is 5.70. The second-order valence-corrected chi connectivity index (χ2v) is 5.25. The van der Waals surface area contributed by atoms with Gasteiger partial charge in [-0.3, -0.25) is 0 Å². The molecule has 1 rings (SSSR count). The van der Waals surface area contributed by atoms with Crippen molar-refractivity contribution < 1.29 is 19.4 Å². The summed E-state index contributed by atoms with van der Waals surface area (Å²) in [5.41, 5.74) is 0.0550. The van der Waals surface area contributed by atoms with Gasteiger partial charge in [-0.1, -0.05) is 19.3 Å². The first-order valence-electron chi connectivity index (χ1n) is 7.27. The number of carbonyl (C=O) groups is 1. The number of rotatable bonds is 9. The van der Waals surface area contributed by atoms with Crippen molar-refractivity contribution >= 4 is 5.97 Å². The average Bonchev–Trinajstić information content (AvgIpc) is 2.44. The molecule has 112 valence electrons. The van der Waals surface area contributed by atoms with Crippen molar-refractivity contribution in [2.75, 3.05) is 39.5 Å². The van der Waals surface area contributed by atoms with E-state index >= 15 is 0 Å². The largest absolute Gasteiger partial charge is 0.464 e. The van der Waals surface area contributed by atoms with Crippen molar-refractivity contribution in [1.29, 1.82) is 0 Å². The van der Waals surface area contributed by atoms with E-state index in [0.29, 0.717) is 19.8 Å². The number of hydrogen-bond acceptors (Lipinski definition) is 5. The second-order valence-electron chi connectivity index (χ2n) is 5.25. The van der Waals surface area contributed by atoms with Crippen LogP contribution in [-0.2, 0) is 14.3 Å². The predicted molar refractivity (Wildman–Crippen MR) is 72.9 cm³/mol. The van der Waals surface area contributed by atoms with Gasteiger partial charge in [0, 0.05) is 25.1 Å².